The van der Waals surface area contributed by atoms with E-state index in [4.69, 9.17) is 9.84 Å². The predicted octanol–water partition coefficient (Wildman–Crippen LogP) is 4.05. The molecule has 2 aromatic carbocycles. The average molecular weight is 474 g/mol. The summed E-state index contributed by atoms with van der Waals surface area (Å²) in [5.74, 6) is -0.577. The summed E-state index contributed by atoms with van der Waals surface area (Å²) in [5.41, 5.74) is 2.86. The van der Waals surface area contributed by atoms with Crippen LogP contribution < -0.4 is 10.1 Å². The van der Waals surface area contributed by atoms with Gasteiger partial charge in [-0.2, -0.15) is 0 Å². The molecular weight excluding hydrogens is 434 g/mol. The minimum Gasteiger partial charge on any atom is -0.493 e. The van der Waals surface area contributed by atoms with Crippen molar-refractivity contribution in [3.05, 3.63) is 54.1 Å². The highest BCUT2D eigenvalue weighted by atomic mass is 16.5. The van der Waals surface area contributed by atoms with Gasteiger partial charge in [0, 0.05) is 19.0 Å². The van der Waals surface area contributed by atoms with Crippen molar-refractivity contribution in [2.75, 3.05) is 20.3 Å². The van der Waals surface area contributed by atoms with E-state index >= 15 is 0 Å². The summed E-state index contributed by atoms with van der Waals surface area (Å²) >= 11 is 0. The van der Waals surface area contributed by atoms with Crippen molar-refractivity contribution in [3.63, 3.8) is 0 Å². The quantitative estimate of drug-likeness (QED) is 0.354. The lowest BCUT2D eigenvalue weighted by Crippen LogP contribution is -2.34. The molecule has 0 bridgehead atoms. The molecule has 7 nitrogen and oxygen atoms in total. The molecule has 0 radical (unpaired) electrons. The van der Waals surface area contributed by atoms with Crippen molar-refractivity contribution in [2.24, 2.45) is 5.92 Å². The zero-order chi connectivity index (χ0) is 26.1. The minimum absolute atomic E-state index is 0.0726. The Bertz CT molecular complexity index is 844. The molecule has 0 spiro atoms. The number of hydrogen-bond donors (Lipinski definition) is 3. The van der Waals surface area contributed by atoms with Crippen LogP contribution in [0.25, 0.3) is 11.1 Å². The molecule has 7 heteroatoms. The molecule has 2 aromatic rings. The van der Waals surface area contributed by atoms with Gasteiger partial charge in [0.2, 0.25) is 5.91 Å². The van der Waals surface area contributed by atoms with Crippen molar-refractivity contribution in [1.82, 2.24) is 5.32 Å². The first-order valence-corrected chi connectivity index (χ1v) is 11.6. The van der Waals surface area contributed by atoms with Crippen molar-refractivity contribution in [1.29, 1.82) is 0 Å². The monoisotopic (exact) mass is 473 g/mol. The van der Waals surface area contributed by atoms with Crippen molar-refractivity contribution in [3.8, 4) is 16.9 Å². The van der Waals surface area contributed by atoms with Gasteiger partial charge < -0.3 is 20.3 Å². The van der Waals surface area contributed by atoms with Gasteiger partial charge in [0.25, 0.3) is 0 Å². The number of aliphatic hydroxyl groups excluding tert-OH is 2. The molecule has 2 unspecified atom stereocenters. The molecule has 0 heterocycles. The number of ether oxygens (including phenoxy) is 1. The van der Waals surface area contributed by atoms with E-state index in [0.29, 0.717) is 19.4 Å². The van der Waals surface area contributed by atoms with Crippen LogP contribution in [0.3, 0.4) is 0 Å². The van der Waals surface area contributed by atoms with Gasteiger partial charge in [0.05, 0.1) is 18.6 Å². The molecule has 0 aromatic heterocycles. The lowest BCUT2D eigenvalue weighted by Gasteiger charge is -2.09. The number of benzene rings is 2. The van der Waals surface area contributed by atoms with Crippen molar-refractivity contribution >= 4 is 17.5 Å². The number of amides is 1. The van der Waals surface area contributed by atoms with E-state index in [1.165, 1.54) is 7.05 Å². The maximum absolute atomic E-state index is 11.3. The molecule has 2 atom stereocenters. The Morgan fingerprint density at radius 2 is 1.47 bits per heavy atom. The van der Waals surface area contributed by atoms with E-state index in [1.54, 1.807) is 20.8 Å². The maximum atomic E-state index is 11.3. The molecule has 0 saturated heterocycles. The van der Waals surface area contributed by atoms with Gasteiger partial charge in [-0.15, -0.1) is 0 Å². The second-order valence-corrected chi connectivity index (χ2v) is 7.34. The number of carbonyl (C=O) groups is 3. The van der Waals surface area contributed by atoms with Crippen LogP contribution in [-0.4, -0.2) is 54.1 Å². The summed E-state index contributed by atoms with van der Waals surface area (Å²) in [5, 5.41) is 20.0. The topological polar surface area (TPSA) is 113 Å². The first-order valence-electron chi connectivity index (χ1n) is 11.6. The van der Waals surface area contributed by atoms with Crippen LogP contribution in [0.5, 0.6) is 5.75 Å². The van der Waals surface area contributed by atoms with Crippen LogP contribution in [0.1, 0.15) is 57.8 Å². The Morgan fingerprint density at radius 1 is 0.971 bits per heavy atom. The van der Waals surface area contributed by atoms with Gasteiger partial charge in [0.15, 0.2) is 11.6 Å². The Labute approximate surface area is 203 Å². The van der Waals surface area contributed by atoms with E-state index in [9.17, 15) is 19.5 Å². The fraction of sp³-hybridized carbons (Fsp3) is 0.444. The molecule has 0 saturated carbocycles. The Kier molecular flexibility index (Phi) is 15.9. The number of Topliss-reactive ketones (excluding diaryl/α,β-unsaturated/α-hetero) is 2. The summed E-state index contributed by atoms with van der Waals surface area (Å²) in [6.45, 7) is 8.98. The summed E-state index contributed by atoms with van der Waals surface area (Å²) in [6.07, 6.45) is 0.705. The molecule has 34 heavy (non-hydrogen) atoms. The normalized spacial score (nSPS) is 11.5. The van der Waals surface area contributed by atoms with Crippen molar-refractivity contribution < 1.29 is 29.3 Å². The molecule has 0 fully saturated rings. The Hall–Kier alpha value is -3.03. The molecule has 188 valence electrons. The smallest absolute Gasteiger partial charge is 0.230 e. The third-order valence-corrected chi connectivity index (χ3v) is 4.80. The SMILES string of the molecule is CC.CC(=O)c1ccc(-c2ccc(OCCC(C)O)cc2)cc1.CCC(C(=O)CO)C(=O)NC. The summed E-state index contributed by atoms with van der Waals surface area (Å²) in [7, 11) is 1.47. The highest BCUT2D eigenvalue weighted by Crippen LogP contribution is 2.23. The maximum Gasteiger partial charge on any atom is 0.230 e. The van der Waals surface area contributed by atoms with E-state index in [-0.39, 0.29) is 17.8 Å². The van der Waals surface area contributed by atoms with Gasteiger partial charge in [-0.25, -0.2) is 0 Å². The number of nitrogens with one attached hydrogen (secondary N) is 1. The van der Waals surface area contributed by atoms with Gasteiger partial charge >= 0.3 is 0 Å². The second kappa shape index (κ2) is 17.4. The third-order valence-electron chi connectivity index (χ3n) is 4.80. The van der Waals surface area contributed by atoms with E-state index in [0.717, 1.165) is 22.4 Å². The number of aliphatic hydroxyl groups is 2. The molecule has 1 amide bonds. The van der Waals surface area contributed by atoms with Gasteiger partial charge in [-0.3, -0.25) is 14.4 Å². The second-order valence-electron chi connectivity index (χ2n) is 7.34. The Morgan fingerprint density at radius 3 is 1.85 bits per heavy atom. The van der Waals surface area contributed by atoms with Crippen LogP contribution in [0.4, 0.5) is 0 Å². The van der Waals surface area contributed by atoms with Crippen LogP contribution in [0.2, 0.25) is 0 Å². The van der Waals surface area contributed by atoms with Crippen LogP contribution >= 0.6 is 0 Å². The molecular formula is C27H39NO6. The number of ketones is 2. The standard InChI is InChI=1S/C18H20O3.C7H13NO3.C2H6/c1-13(19)11-12-21-18-9-7-17(8-10-18)16-5-3-15(4-6-16)14(2)20;1-3-5(6(10)4-9)7(11)8-2;1-2/h3-10,13,19H,11-12H2,1-2H3;5,9H,3-4H2,1-2H3,(H,8,11);1-2H3. The summed E-state index contributed by atoms with van der Waals surface area (Å²) in [6, 6.07) is 15.4. The highest BCUT2D eigenvalue weighted by molar-refractivity contribution is 6.01. The molecule has 0 aliphatic heterocycles. The van der Waals surface area contributed by atoms with Crippen LogP contribution in [0.15, 0.2) is 48.5 Å². The van der Waals surface area contributed by atoms with Gasteiger partial charge in [-0.05, 0) is 43.5 Å². The number of rotatable bonds is 10. The van der Waals surface area contributed by atoms with Gasteiger partial charge in [-0.1, -0.05) is 57.2 Å². The van der Waals surface area contributed by atoms with Crippen LogP contribution in [0, 0.1) is 5.92 Å². The van der Waals surface area contributed by atoms with E-state index < -0.39 is 18.3 Å². The third kappa shape index (κ3) is 11.2. The number of carbonyl (C=O) groups excluding carboxylic acids is 3. The van der Waals surface area contributed by atoms with Crippen LogP contribution in [-0.2, 0) is 9.59 Å². The highest BCUT2D eigenvalue weighted by Gasteiger charge is 2.22. The lowest BCUT2D eigenvalue weighted by atomic mass is 10.0. The first-order chi connectivity index (χ1) is 16.2. The lowest BCUT2D eigenvalue weighted by molar-refractivity contribution is -0.135. The summed E-state index contributed by atoms with van der Waals surface area (Å²) < 4.78 is 5.55. The van der Waals surface area contributed by atoms with Gasteiger partial charge in [0.1, 0.15) is 12.4 Å². The predicted molar refractivity (Wildman–Crippen MR) is 135 cm³/mol. The zero-order valence-corrected chi connectivity index (χ0v) is 21.1. The first kappa shape index (κ1) is 31.0. The van der Waals surface area contributed by atoms with E-state index in [2.05, 4.69) is 5.32 Å². The molecule has 0 aliphatic rings. The fourth-order valence-corrected chi connectivity index (χ4v) is 2.83. The Balaban J connectivity index is 0.000000712. The largest absolute Gasteiger partial charge is 0.493 e. The van der Waals surface area contributed by atoms with Crippen molar-refractivity contribution in [2.45, 2.75) is 53.6 Å². The molecule has 3 N–H and O–H groups in total. The molecule has 0 aliphatic carbocycles. The summed E-state index contributed by atoms with van der Waals surface area (Å²) in [4.78, 5) is 33.0. The minimum atomic E-state index is -0.690. The molecule has 2 rings (SSSR count). The fourth-order valence-electron chi connectivity index (χ4n) is 2.83. The number of hydrogen-bond acceptors (Lipinski definition) is 6. The average Bonchev–Trinajstić information content (AvgIpc) is 2.86. The van der Waals surface area contributed by atoms with E-state index in [1.807, 2.05) is 62.4 Å². The zero-order valence-electron chi connectivity index (χ0n) is 21.1.